The standard InChI is InChI=1S/C15H20N2O2S/c1-17(10-13-4-2-3-9-19-13)15(18)12-7-5-11(6-8-12)14(16)20/h5-8,13H,2-4,9-10H2,1H3,(H2,16,20). The number of rotatable bonds is 4. The Labute approximate surface area is 124 Å². The number of carbonyl (C=O) groups excluding carboxylic acids is 1. The molecule has 1 atom stereocenters. The molecule has 1 aliphatic heterocycles. The molecule has 2 N–H and O–H groups in total. The quantitative estimate of drug-likeness (QED) is 0.862. The molecule has 0 spiro atoms. The van der Waals surface area contributed by atoms with E-state index in [9.17, 15) is 4.79 Å². The second-order valence-electron chi connectivity index (χ2n) is 5.12. The number of nitrogens with two attached hydrogens (primary N) is 1. The van der Waals surface area contributed by atoms with E-state index in [1.165, 1.54) is 6.42 Å². The van der Waals surface area contributed by atoms with Crippen LogP contribution in [0.5, 0.6) is 0 Å². The van der Waals surface area contributed by atoms with Gasteiger partial charge in [-0.15, -0.1) is 0 Å². The van der Waals surface area contributed by atoms with E-state index in [0.29, 0.717) is 17.1 Å². The summed E-state index contributed by atoms with van der Waals surface area (Å²) in [6.07, 6.45) is 3.48. The molecule has 1 amide bonds. The Morgan fingerprint density at radius 3 is 2.55 bits per heavy atom. The van der Waals surface area contributed by atoms with Gasteiger partial charge < -0.3 is 15.4 Å². The summed E-state index contributed by atoms with van der Waals surface area (Å²) in [5.41, 5.74) is 6.96. The van der Waals surface area contributed by atoms with E-state index in [1.54, 1.807) is 29.2 Å². The van der Waals surface area contributed by atoms with Gasteiger partial charge in [0.1, 0.15) is 4.99 Å². The molecule has 1 aliphatic rings. The highest BCUT2D eigenvalue weighted by Gasteiger charge is 2.19. The van der Waals surface area contributed by atoms with Gasteiger partial charge >= 0.3 is 0 Å². The number of carbonyl (C=O) groups is 1. The number of benzene rings is 1. The van der Waals surface area contributed by atoms with Crippen molar-refractivity contribution in [3.63, 3.8) is 0 Å². The monoisotopic (exact) mass is 292 g/mol. The predicted octanol–water partition coefficient (Wildman–Crippen LogP) is 1.96. The number of nitrogens with zero attached hydrogens (tertiary/aromatic N) is 1. The summed E-state index contributed by atoms with van der Waals surface area (Å²) in [6, 6.07) is 7.07. The van der Waals surface area contributed by atoms with Crippen LogP contribution in [-0.4, -0.2) is 42.1 Å². The lowest BCUT2D eigenvalue weighted by Gasteiger charge is -2.27. The van der Waals surface area contributed by atoms with Crippen molar-refractivity contribution in [1.82, 2.24) is 4.90 Å². The topological polar surface area (TPSA) is 55.6 Å². The Balaban J connectivity index is 1.96. The highest BCUT2D eigenvalue weighted by Crippen LogP contribution is 2.15. The van der Waals surface area contributed by atoms with Gasteiger partial charge in [0.25, 0.3) is 5.91 Å². The van der Waals surface area contributed by atoms with E-state index < -0.39 is 0 Å². The summed E-state index contributed by atoms with van der Waals surface area (Å²) in [5.74, 6) is -0.00587. The molecule has 108 valence electrons. The van der Waals surface area contributed by atoms with Gasteiger partial charge in [-0.1, -0.05) is 24.4 Å². The van der Waals surface area contributed by atoms with Crippen molar-refractivity contribution in [3.05, 3.63) is 35.4 Å². The zero-order chi connectivity index (χ0) is 14.5. The normalized spacial score (nSPS) is 18.6. The molecule has 20 heavy (non-hydrogen) atoms. The van der Waals surface area contributed by atoms with Crippen LogP contribution >= 0.6 is 12.2 Å². The minimum absolute atomic E-state index is 0.00587. The molecular formula is C15H20N2O2S. The molecule has 0 aromatic heterocycles. The third-order valence-corrected chi connectivity index (χ3v) is 3.75. The summed E-state index contributed by atoms with van der Waals surface area (Å²) >= 11 is 4.90. The Morgan fingerprint density at radius 1 is 1.35 bits per heavy atom. The van der Waals surface area contributed by atoms with Crippen LogP contribution in [0, 0.1) is 0 Å². The zero-order valence-electron chi connectivity index (χ0n) is 11.7. The molecule has 0 bridgehead atoms. The van der Waals surface area contributed by atoms with E-state index >= 15 is 0 Å². The molecule has 1 fully saturated rings. The zero-order valence-corrected chi connectivity index (χ0v) is 12.5. The number of thiocarbonyl (C=S) groups is 1. The first kappa shape index (κ1) is 14.9. The molecule has 1 aromatic rings. The number of amides is 1. The number of ether oxygens (including phenoxy) is 1. The van der Waals surface area contributed by atoms with Crippen molar-refractivity contribution in [2.24, 2.45) is 5.73 Å². The van der Waals surface area contributed by atoms with Crippen LogP contribution < -0.4 is 5.73 Å². The van der Waals surface area contributed by atoms with Gasteiger partial charge in [-0.3, -0.25) is 4.79 Å². The molecule has 0 aliphatic carbocycles. The third kappa shape index (κ3) is 3.77. The molecule has 1 unspecified atom stereocenters. The van der Waals surface area contributed by atoms with E-state index in [-0.39, 0.29) is 12.0 Å². The van der Waals surface area contributed by atoms with E-state index in [0.717, 1.165) is 25.0 Å². The summed E-state index contributed by atoms with van der Waals surface area (Å²) in [5, 5.41) is 0. The van der Waals surface area contributed by atoms with E-state index in [1.807, 2.05) is 7.05 Å². The summed E-state index contributed by atoms with van der Waals surface area (Å²) in [7, 11) is 1.81. The first-order chi connectivity index (χ1) is 9.58. The van der Waals surface area contributed by atoms with Crippen LogP contribution in [0.3, 0.4) is 0 Å². The molecule has 2 rings (SSSR count). The first-order valence-corrected chi connectivity index (χ1v) is 7.25. The smallest absolute Gasteiger partial charge is 0.253 e. The van der Waals surface area contributed by atoms with Crippen molar-refractivity contribution in [3.8, 4) is 0 Å². The second-order valence-corrected chi connectivity index (χ2v) is 5.56. The lowest BCUT2D eigenvalue weighted by molar-refractivity contribution is -0.000187. The third-order valence-electron chi connectivity index (χ3n) is 3.51. The Kier molecular flexibility index (Phi) is 5.09. The molecule has 1 heterocycles. The van der Waals surface area contributed by atoms with Crippen molar-refractivity contribution in [2.75, 3.05) is 20.2 Å². The van der Waals surface area contributed by atoms with Gasteiger partial charge in [-0.25, -0.2) is 0 Å². The molecule has 0 radical (unpaired) electrons. The maximum atomic E-state index is 12.3. The summed E-state index contributed by atoms with van der Waals surface area (Å²) in [4.78, 5) is 14.4. The number of hydrogen-bond donors (Lipinski definition) is 1. The molecular weight excluding hydrogens is 272 g/mol. The van der Waals surface area contributed by atoms with Gasteiger partial charge in [0.05, 0.1) is 6.10 Å². The van der Waals surface area contributed by atoms with Crippen LogP contribution in [0.1, 0.15) is 35.2 Å². The van der Waals surface area contributed by atoms with Crippen molar-refractivity contribution >= 4 is 23.1 Å². The SMILES string of the molecule is CN(CC1CCCCO1)C(=O)c1ccc(C(N)=S)cc1. The fourth-order valence-corrected chi connectivity index (χ4v) is 2.47. The van der Waals surface area contributed by atoms with Gasteiger partial charge in [-0.2, -0.15) is 0 Å². The molecule has 0 saturated carbocycles. The number of likely N-dealkylation sites (N-methyl/N-ethyl adjacent to an activating group) is 1. The molecule has 5 heteroatoms. The predicted molar refractivity (Wildman–Crippen MR) is 82.9 cm³/mol. The van der Waals surface area contributed by atoms with E-state index in [4.69, 9.17) is 22.7 Å². The average molecular weight is 292 g/mol. The minimum atomic E-state index is -0.00587. The lowest BCUT2D eigenvalue weighted by atomic mass is 10.1. The Hall–Kier alpha value is -1.46. The summed E-state index contributed by atoms with van der Waals surface area (Å²) in [6.45, 7) is 1.44. The van der Waals surface area contributed by atoms with E-state index in [2.05, 4.69) is 0 Å². The first-order valence-electron chi connectivity index (χ1n) is 6.85. The lowest BCUT2D eigenvalue weighted by Crippen LogP contribution is -2.37. The second kappa shape index (κ2) is 6.81. The van der Waals surface area contributed by atoms with Gasteiger partial charge in [0.2, 0.25) is 0 Å². The van der Waals surface area contributed by atoms with Crippen LogP contribution in [0.15, 0.2) is 24.3 Å². The Morgan fingerprint density at radius 2 is 2.00 bits per heavy atom. The van der Waals surface area contributed by atoms with Crippen molar-refractivity contribution < 1.29 is 9.53 Å². The van der Waals surface area contributed by atoms with Gasteiger partial charge in [0.15, 0.2) is 0 Å². The van der Waals surface area contributed by atoms with Gasteiger partial charge in [0, 0.05) is 31.3 Å². The highest BCUT2D eigenvalue weighted by molar-refractivity contribution is 7.80. The van der Waals surface area contributed by atoms with Gasteiger partial charge in [-0.05, 0) is 31.4 Å². The summed E-state index contributed by atoms with van der Waals surface area (Å²) < 4.78 is 5.66. The number of hydrogen-bond acceptors (Lipinski definition) is 3. The Bertz CT molecular complexity index is 481. The highest BCUT2D eigenvalue weighted by atomic mass is 32.1. The molecule has 1 aromatic carbocycles. The largest absolute Gasteiger partial charge is 0.389 e. The van der Waals surface area contributed by atoms with Crippen LogP contribution in [0.4, 0.5) is 0 Å². The van der Waals surface area contributed by atoms with Crippen LogP contribution in [0.2, 0.25) is 0 Å². The van der Waals surface area contributed by atoms with Crippen LogP contribution in [-0.2, 0) is 4.74 Å². The average Bonchev–Trinajstić information content (AvgIpc) is 2.47. The minimum Gasteiger partial charge on any atom is -0.389 e. The fourth-order valence-electron chi connectivity index (χ4n) is 2.34. The maximum Gasteiger partial charge on any atom is 0.253 e. The maximum absolute atomic E-state index is 12.3. The fraction of sp³-hybridized carbons (Fsp3) is 0.467. The van der Waals surface area contributed by atoms with Crippen molar-refractivity contribution in [1.29, 1.82) is 0 Å². The van der Waals surface area contributed by atoms with Crippen LogP contribution in [0.25, 0.3) is 0 Å². The van der Waals surface area contributed by atoms with Crippen molar-refractivity contribution in [2.45, 2.75) is 25.4 Å². The molecule has 4 nitrogen and oxygen atoms in total. The molecule has 1 saturated heterocycles.